The lowest BCUT2D eigenvalue weighted by molar-refractivity contribution is 0.632. The maximum absolute atomic E-state index is 13.3. The fourth-order valence-corrected chi connectivity index (χ4v) is 1.83. The van der Waals surface area contributed by atoms with Crippen molar-refractivity contribution in [2.24, 2.45) is 0 Å². The summed E-state index contributed by atoms with van der Waals surface area (Å²) in [4.78, 5) is 5.93. The first-order valence-corrected chi connectivity index (χ1v) is 5.82. The first-order valence-electron chi connectivity index (χ1n) is 5.82. The highest BCUT2D eigenvalue weighted by Gasteiger charge is 2.08. The van der Waals surface area contributed by atoms with Crippen molar-refractivity contribution >= 4 is 11.4 Å². The van der Waals surface area contributed by atoms with Crippen LogP contribution in [0.15, 0.2) is 42.7 Å². The van der Waals surface area contributed by atoms with E-state index >= 15 is 0 Å². The average Bonchev–Trinajstić information content (AvgIpc) is 2.40. The standard InChI is InChI=1S/C14H16FN3/c1-18(10-7-11-5-8-17-9-6-11)13-4-2-3-12(15)14(13)16/h2-6,8-9H,7,10,16H2,1H3. The second-order valence-corrected chi connectivity index (χ2v) is 4.20. The van der Waals surface area contributed by atoms with Crippen LogP contribution < -0.4 is 10.6 Å². The van der Waals surface area contributed by atoms with Gasteiger partial charge in [-0.15, -0.1) is 0 Å². The number of nitrogens with zero attached hydrogens (tertiary/aromatic N) is 2. The van der Waals surface area contributed by atoms with E-state index in [1.807, 2.05) is 30.1 Å². The highest BCUT2D eigenvalue weighted by atomic mass is 19.1. The minimum absolute atomic E-state index is 0.203. The topological polar surface area (TPSA) is 42.2 Å². The zero-order chi connectivity index (χ0) is 13.0. The van der Waals surface area contributed by atoms with Crippen molar-refractivity contribution in [1.29, 1.82) is 0 Å². The number of likely N-dealkylation sites (N-methyl/N-ethyl adjacent to an activating group) is 1. The largest absolute Gasteiger partial charge is 0.395 e. The van der Waals surface area contributed by atoms with Crippen molar-refractivity contribution in [3.8, 4) is 0 Å². The van der Waals surface area contributed by atoms with Crippen LogP contribution in [0.5, 0.6) is 0 Å². The summed E-state index contributed by atoms with van der Waals surface area (Å²) in [6.45, 7) is 0.775. The molecule has 0 unspecified atom stereocenters. The van der Waals surface area contributed by atoms with Crippen LogP contribution in [0.2, 0.25) is 0 Å². The molecule has 0 aliphatic rings. The number of anilines is 2. The van der Waals surface area contributed by atoms with E-state index in [0.29, 0.717) is 0 Å². The number of halogens is 1. The van der Waals surface area contributed by atoms with Crippen LogP contribution in [0.1, 0.15) is 5.56 Å². The predicted molar refractivity (Wildman–Crippen MR) is 72.0 cm³/mol. The van der Waals surface area contributed by atoms with Crippen molar-refractivity contribution in [2.75, 3.05) is 24.2 Å². The maximum atomic E-state index is 13.3. The Hall–Kier alpha value is -2.10. The Kier molecular flexibility index (Phi) is 3.77. The number of nitrogens with two attached hydrogens (primary N) is 1. The minimum Gasteiger partial charge on any atom is -0.395 e. The molecular weight excluding hydrogens is 229 g/mol. The normalized spacial score (nSPS) is 10.3. The summed E-state index contributed by atoms with van der Waals surface area (Å²) >= 11 is 0. The van der Waals surface area contributed by atoms with Gasteiger partial charge in [0.15, 0.2) is 0 Å². The molecule has 1 aromatic carbocycles. The van der Waals surface area contributed by atoms with Gasteiger partial charge < -0.3 is 10.6 Å². The molecule has 0 radical (unpaired) electrons. The third kappa shape index (κ3) is 2.77. The van der Waals surface area contributed by atoms with Gasteiger partial charge in [-0.1, -0.05) is 6.07 Å². The molecule has 18 heavy (non-hydrogen) atoms. The summed E-state index contributed by atoms with van der Waals surface area (Å²) < 4.78 is 13.3. The summed E-state index contributed by atoms with van der Waals surface area (Å²) in [5.74, 6) is -0.372. The number of benzene rings is 1. The average molecular weight is 245 g/mol. The van der Waals surface area contributed by atoms with E-state index in [-0.39, 0.29) is 11.5 Å². The number of aromatic nitrogens is 1. The number of nitrogen functional groups attached to an aromatic ring is 1. The van der Waals surface area contributed by atoms with Crippen LogP contribution in [-0.4, -0.2) is 18.6 Å². The van der Waals surface area contributed by atoms with Gasteiger partial charge in [0, 0.05) is 26.0 Å². The van der Waals surface area contributed by atoms with Gasteiger partial charge in [0.2, 0.25) is 0 Å². The molecule has 2 aromatic rings. The molecule has 0 saturated carbocycles. The van der Waals surface area contributed by atoms with Gasteiger partial charge in [0.25, 0.3) is 0 Å². The van der Waals surface area contributed by atoms with E-state index in [1.54, 1.807) is 18.5 Å². The fourth-order valence-electron chi connectivity index (χ4n) is 1.83. The van der Waals surface area contributed by atoms with Gasteiger partial charge in [-0.3, -0.25) is 4.98 Å². The number of hydrogen-bond acceptors (Lipinski definition) is 3. The van der Waals surface area contributed by atoms with Gasteiger partial charge in [-0.2, -0.15) is 0 Å². The predicted octanol–water partition coefficient (Wildman–Crippen LogP) is 2.48. The molecule has 2 rings (SSSR count). The molecule has 0 aliphatic heterocycles. The Labute approximate surface area is 106 Å². The fraction of sp³-hybridized carbons (Fsp3) is 0.214. The third-order valence-electron chi connectivity index (χ3n) is 2.93. The summed E-state index contributed by atoms with van der Waals surface area (Å²) in [5, 5.41) is 0. The molecule has 2 N–H and O–H groups in total. The van der Waals surface area contributed by atoms with Crippen LogP contribution in [0.4, 0.5) is 15.8 Å². The molecule has 1 aromatic heterocycles. The molecule has 0 saturated heterocycles. The monoisotopic (exact) mass is 245 g/mol. The van der Waals surface area contributed by atoms with Crippen LogP contribution in [-0.2, 0) is 6.42 Å². The Morgan fingerprint density at radius 3 is 2.67 bits per heavy atom. The summed E-state index contributed by atoms with van der Waals surface area (Å²) in [6.07, 6.45) is 4.41. The number of para-hydroxylation sites is 1. The van der Waals surface area contributed by atoms with E-state index in [0.717, 1.165) is 18.7 Å². The van der Waals surface area contributed by atoms with Gasteiger partial charge in [0.05, 0.1) is 11.4 Å². The number of rotatable bonds is 4. The lowest BCUT2D eigenvalue weighted by atomic mass is 10.2. The smallest absolute Gasteiger partial charge is 0.148 e. The molecule has 0 atom stereocenters. The quantitative estimate of drug-likeness (QED) is 0.841. The Bertz CT molecular complexity index is 514. The summed E-state index contributed by atoms with van der Waals surface area (Å²) in [5.41, 5.74) is 7.86. The lowest BCUT2D eigenvalue weighted by Gasteiger charge is -2.21. The van der Waals surface area contributed by atoms with Crippen LogP contribution >= 0.6 is 0 Å². The zero-order valence-corrected chi connectivity index (χ0v) is 10.3. The molecule has 0 amide bonds. The Morgan fingerprint density at radius 1 is 1.22 bits per heavy atom. The van der Waals surface area contributed by atoms with E-state index in [4.69, 9.17) is 5.73 Å². The van der Waals surface area contributed by atoms with Gasteiger partial charge in [-0.25, -0.2) is 4.39 Å². The Balaban J connectivity index is 2.04. The van der Waals surface area contributed by atoms with Crippen molar-refractivity contribution in [3.05, 3.63) is 54.1 Å². The van der Waals surface area contributed by atoms with Crippen LogP contribution in [0.3, 0.4) is 0 Å². The van der Waals surface area contributed by atoms with E-state index < -0.39 is 0 Å². The third-order valence-corrected chi connectivity index (χ3v) is 2.93. The Morgan fingerprint density at radius 2 is 1.94 bits per heavy atom. The van der Waals surface area contributed by atoms with Crippen molar-refractivity contribution < 1.29 is 4.39 Å². The second kappa shape index (κ2) is 5.49. The van der Waals surface area contributed by atoms with Crippen LogP contribution in [0.25, 0.3) is 0 Å². The second-order valence-electron chi connectivity index (χ2n) is 4.20. The molecule has 0 aliphatic carbocycles. The molecule has 0 bridgehead atoms. The molecule has 94 valence electrons. The molecule has 1 heterocycles. The van der Waals surface area contributed by atoms with Crippen molar-refractivity contribution in [1.82, 2.24) is 4.98 Å². The number of hydrogen-bond donors (Lipinski definition) is 1. The van der Waals surface area contributed by atoms with Crippen molar-refractivity contribution in [2.45, 2.75) is 6.42 Å². The summed E-state index contributed by atoms with van der Waals surface area (Å²) in [7, 11) is 1.91. The SMILES string of the molecule is CN(CCc1ccncc1)c1cccc(F)c1N. The first-order chi connectivity index (χ1) is 8.68. The zero-order valence-electron chi connectivity index (χ0n) is 10.3. The molecule has 0 spiro atoms. The van der Waals surface area contributed by atoms with E-state index in [2.05, 4.69) is 4.98 Å². The number of pyridine rings is 1. The highest BCUT2D eigenvalue weighted by molar-refractivity contribution is 5.67. The van der Waals surface area contributed by atoms with Crippen LogP contribution in [0, 0.1) is 5.82 Å². The molecule has 4 heteroatoms. The van der Waals surface area contributed by atoms with E-state index in [1.165, 1.54) is 11.6 Å². The molecule has 0 fully saturated rings. The maximum Gasteiger partial charge on any atom is 0.148 e. The van der Waals surface area contributed by atoms with Crippen molar-refractivity contribution in [3.63, 3.8) is 0 Å². The highest BCUT2D eigenvalue weighted by Crippen LogP contribution is 2.24. The molecule has 3 nitrogen and oxygen atoms in total. The first kappa shape index (κ1) is 12.4. The van der Waals surface area contributed by atoms with Gasteiger partial charge in [-0.05, 0) is 36.2 Å². The minimum atomic E-state index is -0.372. The molecular formula is C14H16FN3. The van der Waals surface area contributed by atoms with Gasteiger partial charge >= 0.3 is 0 Å². The van der Waals surface area contributed by atoms with E-state index in [9.17, 15) is 4.39 Å². The lowest BCUT2D eigenvalue weighted by Crippen LogP contribution is -2.21. The van der Waals surface area contributed by atoms with Gasteiger partial charge in [0.1, 0.15) is 5.82 Å². The summed E-state index contributed by atoms with van der Waals surface area (Å²) in [6, 6.07) is 8.82.